The van der Waals surface area contributed by atoms with Gasteiger partial charge in [-0.25, -0.2) is 0 Å². The molecule has 100 valence electrons. The molecule has 2 heterocycles. The summed E-state index contributed by atoms with van der Waals surface area (Å²) in [5.41, 5.74) is 6.99. The third kappa shape index (κ3) is 4.19. The molecule has 0 radical (unpaired) electrons. The lowest BCUT2D eigenvalue weighted by Crippen LogP contribution is -2.21. The van der Waals surface area contributed by atoms with Gasteiger partial charge in [0, 0.05) is 24.5 Å². The first-order valence-corrected chi connectivity index (χ1v) is 6.53. The highest BCUT2D eigenvalue weighted by molar-refractivity contribution is 6.30. The van der Waals surface area contributed by atoms with Crippen LogP contribution >= 0.6 is 11.6 Å². The first-order valence-electron chi connectivity index (χ1n) is 6.15. The lowest BCUT2D eigenvalue weighted by atomic mass is 10.1. The van der Waals surface area contributed by atoms with E-state index in [1.54, 1.807) is 30.9 Å². The van der Waals surface area contributed by atoms with Crippen molar-refractivity contribution in [1.29, 1.82) is 0 Å². The van der Waals surface area contributed by atoms with E-state index in [2.05, 4.69) is 16.9 Å². The predicted molar refractivity (Wildman–Crippen MR) is 75.5 cm³/mol. The Hall–Kier alpha value is -1.65. The van der Waals surface area contributed by atoms with Crippen LogP contribution in [0.3, 0.4) is 0 Å². The summed E-state index contributed by atoms with van der Waals surface area (Å²) in [6, 6.07) is 3.78. The van der Waals surface area contributed by atoms with Gasteiger partial charge >= 0.3 is 0 Å². The van der Waals surface area contributed by atoms with Gasteiger partial charge in [0.15, 0.2) is 0 Å². The van der Waals surface area contributed by atoms with Gasteiger partial charge in [-0.3, -0.25) is 9.97 Å². The standard InChI is InChI=1S/C14H16ClN3O/c1-2-12(16)3-10-4-13(8-17-6-10)19-14-5-11(15)7-18-9-14/h4-9,12H,2-3,16H2,1H3. The van der Waals surface area contributed by atoms with Crippen LogP contribution in [0, 0.1) is 0 Å². The molecule has 0 saturated heterocycles. The van der Waals surface area contributed by atoms with Gasteiger partial charge in [0.2, 0.25) is 0 Å². The molecular weight excluding hydrogens is 262 g/mol. The van der Waals surface area contributed by atoms with E-state index in [0.717, 1.165) is 18.4 Å². The molecule has 2 aromatic rings. The first kappa shape index (κ1) is 13.8. The van der Waals surface area contributed by atoms with Crippen LogP contribution in [0.5, 0.6) is 11.5 Å². The van der Waals surface area contributed by atoms with Crippen molar-refractivity contribution >= 4 is 11.6 Å². The van der Waals surface area contributed by atoms with E-state index in [0.29, 0.717) is 16.5 Å². The topological polar surface area (TPSA) is 61.0 Å². The van der Waals surface area contributed by atoms with Crippen LogP contribution in [0.2, 0.25) is 5.02 Å². The maximum atomic E-state index is 5.93. The Morgan fingerprint density at radius 2 is 1.84 bits per heavy atom. The zero-order valence-electron chi connectivity index (χ0n) is 10.7. The smallest absolute Gasteiger partial charge is 0.147 e. The molecule has 0 saturated carbocycles. The van der Waals surface area contributed by atoms with Crippen molar-refractivity contribution in [3.05, 3.63) is 47.5 Å². The van der Waals surface area contributed by atoms with Crippen LogP contribution in [0.15, 0.2) is 36.9 Å². The Kier molecular flexibility index (Phi) is 4.71. The molecule has 5 heteroatoms. The van der Waals surface area contributed by atoms with E-state index in [4.69, 9.17) is 22.1 Å². The van der Waals surface area contributed by atoms with E-state index < -0.39 is 0 Å². The van der Waals surface area contributed by atoms with Crippen LogP contribution in [0.25, 0.3) is 0 Å². The Morgan fingerprint density at radius 3 is 2.53 bits per heavy atom. The quantitative estimate of drug-likeness (QED) is 0.912. The number of nitrogens with zero attached hydrogens (tertiary/aromatic N) is 2. The zero-order chi connectivity index (χ0) is 13.7. The fourth-order valence-electron chi connectivity index (χ4n) is 1.66. The Morgan fingerprint density at radius 1 is 1.16 bits per heavy atom. The van der Waals surface area contributed by atoms with E-state index >= 15 is 0 Å². The predicted octanol–water partition coefficient (Wildman–Crippen LogP) is 3.20. The molecule has 0 aliphatic rings. The van der Waals surface area contributed by atoms with Crippen molar-refractivity contribution in [2.75, 3.05) is 0 Å². The molecule has 2 aromatic heterocycles. The zero-order valence-corrected chi connectivity index (χ0v) is 11.5. The molecule has 1 unspecified atom stereocenters. The van der Waals surface area contributed by atoms with Gasteiger partial charge in [-0.1, -0.05) is 18.5 Å². The summed E-state index contributed by atoms with van der Waals surface area (Å²) >= 11 is 5.86. The molecule has 0 bridgehead atoms. The number of hydrogen-bond acceptors (Lipinski definition) is 4. The van der Waals surface area contributed by atoms with Crippen LogP contribution in [-0.2, 0) is 6.42 Å². The van der Waals surface area contributed by atoms with Crippen LogP contribution in [-0.4, -0.2) is 16.0 Å². The van der Waals surface area contributed by atoms with Crippen molar-refractivity contribution in [1.82, 2.24) is 9.97 Å². The van der Waals surface area contributed by atoms with E-state index in [-0.39, 0.29) is 6.04 Å². The van der Waals surface area contributed by atoms with Crippen molar-refractivity contribution in [3.8, 4) is 11.5 Å². The van der Waals surface area contributed by atoms with Gasteiger partial charge < -0.3 is 10.5 Å². The van der Waals surface area contributed by atoms with Crippen LogP contribution < -0.4 is 10.5 Å². The van der Waals surface area contributed by atoms with Crippen molar-refractivity contribution < 1.29 is 4.74 Å². The summed E-state index contributed by atoms with van der Waals surface area (Å²) in [7, 11) is 0. The van der Waals surface area contributed by atoms with Gasteiger partial charge in [-0.05, 0) is 24.5 Å². The molecule has 4 nitrogen and oxygen atoms in total. The second kappa shape index (κ2) is 6.50. The van der Waals surface area contributed by atoms with Crippen molar-refractivity contribution in [2.24, 2.45) is 5.73 Å². The summed E-state index contributed by atoms with van der Waals surface area (Å²) in [6.07, 6.45) is 8.35. The van der Waals surface area contributed by atoms with Gasteiger partial charge in [-0.15, -0.1) is 0 Å². The lowest BCUT2D eigenvalue weighted by Gasteiger charge is -2.10. The number of ether oxygens (including phenoxy) is 1. The first-order chi connectivity index (χ1) is 9.17. The van der Waals surface area contributed by atoms with Crippen molar-refractivity contribution in [2.45, 2.75) is 25.8 Å². The SMILES string of the molecule is CCC(N)Cc1cncc(Oc2cncc(Cl)c2)c1. The van der Waals surface area contributed by atoms with Gasteiger partial charge in [0.05, 0.1) is 17.4 Å². The van der Waals surface area contributed by atoms with Crippen LogP contribution in [0.4, 0.5) is 0 Å². The third-order valence-corrected chi connectivity index (χ3v) is 2.91. The van der Waals surface area contributed by atoms with Crippen LogP contribution in [0.1, 0.15) is 18.9 Å². The summed E-state index contributed by atoms with van der Waals surface area (Å²) in [5.74, 6) is 1.25. The number of halogens is 1. The number of pyridine rings is 2. The highest BCUT2D eigenvalue weighted by atomic mass is 35.5. The average Bonchev–Trinajstić information content (AvgIpc) is 2.39. The maximum Gasteiger partial charge on any atom is 0.147 e. The molecule has 0 fully saturated rings. The van der Waals surface area contributed by atoms with E-state index in [1.165, 1.54) is 0 Å². The minimum Gasteiger partial charge on any atom is -0.454 e. The number of nitrogens with two attached hydrogens (primary N) is 1. The second-order valence-corrected chi connectivity index (χ2v) is 4.78. The van der Waals surface area contributed by atoms with Gasteiger partial charge in [-0.2, -0.15) is 0 Å². The molecule has 0 aliphatic heterocycles. The van der Waals surface area contributed by atoms with E-state index in [1.807, 2.05) is 6.07 Å². The molecule has 2 N–H and O–H groups in total. The highest BCUT2D eigenvalue weighted by Gasteiger charge is 2.05. The molecule has 0 spiro atoms. The molecule has 2 rings (SSSR count). The molecule has 0 aliphatic carbocycles. The minimum absolute atomic E-state index is 0.143. The van der Waals surface area contributed by atoms with Gasteiger partial charge in [0.25, 0.3) is 0 Å². The number of rotatable bonds is 5. The summed E-state index contributed by atoms with van der Waals surface area (Å²) < 4.78 is 5.66. The Balaban J connectivity index is 2.10. The Labute approximate surface area is 117 Å². The molecule has 19 heavy (non-hydrogen) atoms. The monoisotopic (exact) mass is 277 g/mol. The number of aromatic nitrogens is 2. The van der Waals surface area contributed by atoms with E-state index in [9.17, 15) is 0 Å². The molecular formula is C14H16ClN3O. The normalized spacial score (nSPS) is 12.2. The highest BCUT2D eigenvalue weighted by Crippen LogP contribution is 2.23. The third-order valence-electron chi connectivity index (χ3n) is 2.71. The largest absolute Gasteiger partial charge is 0.454 e. The molecule has 1 atom stereocenters. The molecule has 0 amide bonds. The fourth-order valence-corrected chi connectivity index (χ4v) is 1.83. The Bertz CT molecular complexity index is 548. The van der Waals surface area contributed by atoms with Gasteiger partial charge in [0.1, 0.15) is 11.5 Å². The summed E-state index contributed by atoms with van der Waals surface area (Å²) in [6.45, 7) is 2.07. The fraction of sp³-hybridized carbons (Fsp3) is 0.286. The second-order valence-electron chi connectivity index (χ2n) is 4.34. The number of hydrogen-bond donors (Lipinski definition) is 1. The average molecular weight is 278 g/mol. The summed E-state index contributed by atoms with van der Waals surface area (Å²) in [4.78, 5) is 8.12. The minimum atomic E-state index is 0.143. The maximum absolute atomic E-state index is 5.93. The molecule has 0 aromatic carbocycles. The summed E-state index contributed by atoms with van der Waals surface area (Å²) in [5, 5.41) is 0.537. The lowest BCUT2D eigenvalue weighted by molar-refractivity contribution is 0.476. The van der Waals surface area contributed by atoms with Crippen molar-refractivity contribution in [3.63, 3.8) is 0 Å².